The van der Waals surface area contributed by atoms with Crippen LogP contribution in [0.3, 0.4) is 0 Å². The maximum atomic E-state index is 12.2. The molecule has 1 amide bonds. The third-order valence-corrected chi connectivity index (χ3v) is 4.59. The number of nitrogens with one attached hydrogen (secondary N) is 1. The molecule has 29 heavy (non-hydrogen) atoms. The fourth-order valence-electron chi connectivity index (χ4n) is 2.62. The first kappa shape index (κ1) is 20.6. The van der Waals surface area contributed by atoms with E-state index in [1.165, 1.54) is 0 Å². The quantitative estimate of drug-likeness (QED) is 0.390. The van der Waals surface area contributed by atoms with Crippen LogP contribution in [-0.2, 0) is 4.79 Å². The van der Waals surface area contributed by atoms with Crippen molar-refractivity contribution in [3.8, 4) is 5.75 Å². The first-order chi connectivity index (χ1) is 14.1. The average Bonchev–Trinajstić information content (AvgIpc) is 2.74. The molecule has 0 fully saturated rings. The first-order valence-electron chi connectivity index (χ1n) is 9.16. The van der Waals surface area contributed by atoms with Crippen LogP contribution in [0.25, 0.3) is 6.08 Å². The van der Waals surface area contributed by atoms with Gasteiger partial charge in [0.15, 0.2) is 6.61 Å². The van der Waals surface area contributed by atoms with Crippen molar-refractivity contribution in [2.45, 2.75) is 6.92 Å². The molecule has 3 aromatic carbocycles. The van der Waals surface area contributed by atoms with Crippen LogP contribution in [0, 0.1) is 6.92 Å². The summed E-state index contributed by atoms with van der Waals surface area (Å²) in [5.74, 6) is 0.341. The Bertz CT molecular complexity index is 1020. The molecular formula is C24H21BrN2O2. The fraction of sp³-hybridized carbons (Fsp3) is 0.0833. The number of hydrogen-bond acceptors (Lipinski definition) is 3. The maximum absolute atomic E-state index is 12.2. The minimum atomic E-state index is -0.325. The molecule has 4 nitrogen and oxygen atoms in total. The molecule has 3 rings (SSSR count). The maximum Gasteiger partial charge on any atom is 0.277 e. The Morgan fingerprint density at radius 1 is 1.03 bits per heavy atom. The van der Waals surface area contributed by atoms with Gasteiger partial charge in [0.2, 0.25) is 0 Å². The van der Waals surface area contributed by atoms with Crippen LogP contribution in [0.1, 0.15) is 16.7 Å². The molecule has 0 aromatic heterocycles. The number of carbonyl (C=O) groups is 1. The highest BCUT2D eigenvalue weighted by atomic mass is 79.9. The summed E-state index contributed by atoms with van der Waals surface area (Å²) in [6, 6.07) is 25.3. The lowest BCUT2D eigenvalue weighted by molar-refractivity contribution is -0.123. The molecule has 0 heterocycles. The number of allylic oxidation sites excluding steroid dienone is 1. The van der Waals surface area contributed by atoms with Gasteiger partial charge in [-0.15, -0.1) is 0 Å². The zero-order valence-electron chi connectivity index (χ0n) is 16.0. The van der Waals surface area contributed by atoms with E-state index in [9.17, 15) is 4.79 Å². The van der Waals surface area contributed by atoms with Crippen LogP contribution in [0.5, 0.6) is 5.75 Å². The number of aryl methyl sites for hydroxylation is 1. The van der Waals surface area contributed by atoms with E-state index in [0.29, 0.717) is 11.5 Å². The standard InChI is InChI=1S/C24H21BrN2O2/c1-18-16-21(25)13-15-23(18)29-17-24(28)27-26-22(20-10-6-3-7-11-20)14-12-19-8-4-2-5-9-19/h2-16H,17H2,1H3,(H,27,28). The Hall–Kier alpha value is -3.18. The van der Waals surface area contributed by atoms with Gasteiger partial charge in [0, 0.05) is 10.0 Å². The smallest absolute Gasteiger partial charge is 0.277 e. The van der Waals surface area contributed by atoms with Crippen LogP contribution in [0.15, 0.2) is 94.5 Å². The summed E-state index contributed by atoms with van der Waals surface area (Å²) >= 11 is 3.41. The fourth-order valence-corrected chi connectivity index (χ4v) is 3.09. The lowest BCUT2D eigenvalue weighted by Crippen LogP contribution is -2.26. The van der Waals surface area contributed by atoms with Gasteiger partial charge in [0.1, 0.15) is 5.75 Å². The lowest BCUT2D eigenvalue weighted by atomic mass is 10.1. The van der Waals surface area contributed by atoms with Crippen LogP contribution in [0.4, 0.5) is 0 Å². The number of ether oxygens (including phenoxy) is 1. The number of hydrogen-bond donors (Lipinski definition) is 1. The Morgan fingerprint density at radius 3 is 2.41 bits per heavy atom. The highest BCUT2D eigenvalue weighted by molar-refractivity contribution is 9.10. The Labute approximate surface area is 179 Å². The largest absolute Gasteiger partial charge is 0.483 e. The monoisotopic (exact) mass is 448 g/mol. The summed E-state index contributed by atoms with van der Waals surface area (Å²) < 4.78 is 6.57. The molecular weight excluding hydrogens is 428 g/mol. The van der Waals surface area contributed by atoms with E-state index >= 15 is 0 Å². The number of carbonyl (C=O) groups excluding carboxylic acids is 1. The summed E-state index contributed by atoms with van der Waals surface area (Å²) in [4.78, 5) is 12.2. The van der Waals surface area contributed by atoms with E-state index in [2.05, 4.69) is 26.5 Å². The number of nitrogens with zero attached hydrogens (tertiary/aromatic N) is 1. The van der Waals surface area contributed by atoms with E-state index in [1.54, 1.807) is 0 Å². The molecule has 0 spiro atoms. The van der Waals surface area contributed by atoms with Crippen molar-refractivity contribution in [3.63, 3.8) is 0 Å². The number of benzene rings is 3. The summed E-state index contributed by atoms with van der Waals surface area (Å²) in [5.41, 5.74) is 6.15. The molecule has 0 saturated carbocycles. The van der Waals surface area contributed by atoms with E-state index in [-0.39, 0.29) is 12.5 Å². The summed E-state index contributed by atoms with van der Waals surface area (Å²) in [6.45, 7) is 1.81. The van der Waals surface area contributed by atoms with Gasteiger partial charge < -0.3 is 4.74 Å². The molecule has 0 radical (unpaired) electrons. The second-order valence-electron chi connectivity index (χ2n) is 6.34. The lowest BCUT2D eigenvalue weighted by Gasteiger charge is -2.09. The van der Waals surface area contributed by atoms with Crippen molar-refractivity contribution in [1.82, 2.24) is 5.43 Å². The van der Waals surface area contributed by atoms with E-state index in [4.69, 9.17) is 4.74 Å². The molecule has 0 atom stereocenters. The van der Waals surface area contributed by atoms with E-state index < -0.39 is 0 Å². The third-order valence-electron chi connectivity index (χ3n) is 4.10. The predicted octanol–water partition coefficient (Wildman–Crippen LogP) is 5.37. The van der Waals surface area contributed by atoms with Gasteiger partial charge >= 0.3 is 0 Å². The molecule has 0 aliphatic carbocycles. The van der Waals surface area contributed by atoms with Crippen molar-refractivity contribution >= 4 is 33.6 Å². The molecule has 1 N–H and O–H groups in total. The van der Waals surface area contributed by atoms with Gasteiger partial charge in [-0.2, -0.15) is 5.10 Å². The van der Waals surface area contributed by atoms with Crippen molar-refractivity contribution < 1.29 is 9.53 Å². The van der Waals surface area contributed by atoms with E-state index in [1.807, 2.05) is 97.9 Å². The van der Waals surface area contributed by atoms with Crippen molar-refractivity contribution in [1.29, 1.82) is 0 Å². The third kappa shape index (κ3) is 6.43. The first-order valence-corrected chi connectivity index (χ1v) is 9.95. The van der Waals surface area contributed by atoms with Crippen LogP contribution in [-0.4, -0.2) is 18.2 Å². The van der Waals surface area contributed by atoms with Gasteiger partial charge in [-0.3, -0.25) is 4.79 Å². The Balaban J connectivity index is 1.68. The molecule has 0 bridgehead atoms. The Morgan fingerprint density at radius 2 is 1.72 bits per heavy atom. The summed E-state index contributed by atoms with van der Waals surface area (Å²) in [5, 5.41) is 4.30. The molecule has 0 saturated heterocycles. The van der Waals surface area contributed by atoms with E-state index in [0.717, 1.165) is 21.2 Å². The van der Waals surface area contributed by atoms with Crippen molar-refractivity contribution in [2.75, 3.05) is 6.61 Å². The second kappa shape index (κ2) is 10.4. The predicted molar refractivity (Wildman–Crippen MR) is 121 cm³/mol. The van der Waals surface area contributed by atoms with Gasteiger partial charge in [-0.25, -0.2) is 5.43 Å². The summed E-state index contributed by atoms with van der Waals surface area (Å²) in [6.07, 6.45) is 3.84. The molecule has 3 aromatic rings. The molecule has 0 aliphatic rings. The number of hydrazone groups is 1. The van der Waals surface area contributed by atoms with Gasteiger partial charge in [0.25, 0.3) is 5.91 Å². The summed E-state index contributed by atoms with van der Waals surface area (Å²) in [7, 11) is 0. The normalized spacial score (nSPS) is 11.4. The minimum absolute atomic E-state index is 0.115. The van der Waals surface area contributed by atoms with Gasteiger partial charge in [0.05, 0.1) is 5.71 Å². The molecule has 0 unspecified atom stereocenters. The number of amides is 1. The van der Waals surface area contributed by atoms with Crippen LogP contribution < -0.4 is 10.2 Å². The van der Waals surface area contributed by atoms with Gasteiger partial charge in [-0.1, -0.05) is 82.7 Å². The molecule has 146 valence electrons. The zero-order chi connectivity index (χ0) is 20.5. The molecule has 0 aliphatic heterocycles. The SMILES string of the molecule is Cc1cc(Br)ccc1OCC(=O)NN=C(C=Cc1ccccc1)c1ccccc1. The second-order valence-corrected chi connectivity index (χ2v) is 7.26. The van der Waals surface area contributed by atoms with Crippen LogP contribution >= 0.6 is 15.9 Å². The molecule has 5 heteroatoms. The van der Waals surface area contributed by atoms with Crippen molar-refractivity contribution in [2.24, 2.45) is 5.10 Å². The Kier molecular flexibility index (Phi) is 7.36. The zero-order valence-corrected chi connectivity index (χ0v) is 17.6. The minimum Gasteiger partial charge on any atom is -0.483 e. The average molecular weight is 449 g/mol. The highest BCUT2D eigenvalue weighted by Crippen LogP contribution is 2.21. The topological polar surface area (TPSA) is 50.7 Å². The van der Waals surface area contributed by atoms with Gasteiger partial charge in [-0.05, 0) is 42.3 Å². The van der Waals surface area contributed by atoms with Crippen LogP contribution in [0.2, 0.25) is 0 Å². The number of halogens is 1. The van der Waals surface area contributed by atoms with Crippen molar-refractivity contribution in [3.05, 3.63) is 106 Å². The highest BCUT2D eigenvalue weighted by Gasteiger charge is 2.06. The number of rotatable bonds is 7.